The van der Waals surface area contributed by atoms with E-state index in [0.29, 0.717) is 32.1 Å². The summed E-state index contributed by atoms with van der Waals surface area (Å²) in [5, 5.41) is 19.0. The van der Waals surface area contributed by atoms with Gasteiger partial charge in [0.25, 0.3) is 0 Å². The van der Waals surface area contributed by atoms with Gasteiger partial charge in [-0.15, -0.1) is 11.8 Å². The van der Waals surface area contributed by atoms with Gasteiger partial charge in [0.1, 0.15) is 0 Å². The highest BCUT2D eigenvalue weighted by Gasteiger charge is 2.27. The summed E-state index contributed by atoms with van der Waals surface area (Å²) in [6.45, 7) is 5.20. The second-order valence-electron chi connectivity index (χ2n) is 7.30. The molecule has 1 rings (SSSR count). The summed E-state index contributed by atoms with van der Waals surface area (Å²) in [6, 6.07) is 0. The van der Waals surface area contributed by atoms with Gasteiger partial charge in [-0.3, -0.25) is 9.59 Å². The zero-order valence-corrected chi connectivity index (χ0v) is 15.9. The number of carboxylic acids is 1. The van der Waals surface area contributed by atoms with Gasteiger partial charge in [0.2, 0.25) is 0 Å². The topological polar surface area (TPSA) is 74.6 Å². The molecule has 0 bridgehead atoms. The van der Waals surface area contributed by atoms with Crippen molar-refractivity contribution in [1.29, 1.82) is 0 Å². The fraction of sp³-hybridized carbons (Fsp3) is 0.545. The minimum absolute atomic E-state index is 0.00507. The lowest BCUT2D eigenvalue weighted by Gasteiger charge is -2.17. The van der Waals surface area contributed by atoms with Crippen LogP contribution in [0.25, 0.3) is 0 Å². The van der Waals surface area contributed by atoms with Crippen LogP contribution in [0.3, 0.4) is 0 Å². The summed E-state index contributed by atoms with van der Waals surface area (Å²) in [4.78, 5) is 23.1. The number of aliphatic carboxylic acids is 1. The van der Waals surface area contributed by atoms with Crippen LogP contribution in [0.4, 0.5) is 0 Å². The summed E-state index contributed by atoms with van der Waals surface area (Å²) >= 11 is 0. The van der Waals surface area contributed by atoms with Gasteiger partial charge in [-0.2, -0.15) is 0 Å². The number of ketones is 1. The Kier molecular flexibility index (Phi) is 9.09. The summed E-state index contributed by atoms with van der Waals surface area (Å²) < 4.78 is 0. The van der Waals surface area contributed by atoms with Crippen LogP contribution in [0.1, 0.15) is 52.9 Å². The van der Waals surface area contributed by atoms with Crippen LogP contribution in [0.2, 0.25) is 0 Å². The molecular weight excluding hydrogens is 328 g/mol. The van der Waals surface area contributed by atoms with Crippen LogP contribution in [0.5, 0.6) is 0 Å². The lowest BCUT2D eigenvalue weighted by Crippen LogP contribution is -2.23. The van der Waals surface area contributed by atoms with Crippen molar-refractivity contribution in [1.82, 2.24) is 0 Å². The van der Waals surface area contributed by atoms with Gasteiger partial charge in [0.05, 0.1) is 11.5 Å². The molecular formula is C22H30O4. The third kappa shape index (κ3) is 7.41. The van der Waals surface area contributed by atoms with Gasteiger partial charge in [-0.1, -0.05) is 30.4 Å². The molecule has 0 amide bonds. The van der Waals surface area contributed by atoms with E-state index < -0.39 is 17.5 Å². The average molecular weight is 358 g/mol. The lowest BCUT2D eigenvalue weighted by molar-refractivity contribution is -0.147. The van der Waals surface area contributed by atoms with Crippen molar-refractivity contribution in [3.8, 4) is 11.8 Å². The molecule has 0 aliphatic heterocycles. The van der Waals surface area contributed by atoms with E-state index in [0.717, 1.165) is 0 Å². The number of carbonyl (C=O) groups is 2. The van der Waals surface area contributed by atoms with Gasteiger partial charge in [0.15, 0.2) is 5.78 Å². The largest absolute Gasteiger partial charge is 0.481 e. The molecule has 1 aliphatic carbocycles. The second kappa shape index (κ2) is 10.8. The predicted molar refractivity (Wildman–Crippen MR) is 103 cm³/mol. The zero-order valence-electron chi connectivity index (χ0n) is 15.9. The third-order valence-electron chi connectivity index (χ3n) is 4.68. The maximum absolute atomic E-state index is 12.0. The molecule has 0 fully saturated rings. The number of allylic oxidation sites excluding steroid dienone is 5. The Morgan fingerprint density at radius 2 is 2.12 bits per heavy atom. The quantitative estimate of drug-likeness (QED) is 0.458. The molecule has 0 saturated heterocycles. The molecule has 0 radical (unpaired) electrons. The monoisotopic (exact) mass is 358 g/mol. The van der Waals surface area contributed by atoms with E-state index in [4.69, 9.17) is 5.11 Å². The van der Waals surface area contributed by atoms with Gasteiger partial charge in [-0.25, -0.2) is 0 Å². The van der Waals surface area contributed by atoms with Gasteiger partial charge in [-0.05, 0) is 52.5 Å². The highest BCUT2D eigenvalue weighted by molar-refractivity contribution is 5.95. The van der Waals surface area contributed by atoms with Gasteiger partial charge < -0.3 is 10.2 Å². The standard InChI is InChI=1S/C22H30O4/c1-4-5-7-10-18(23)14-12-17-13-15-20(24)19(17)11-8-6-9-16-22(2,3)21(25)26/h6,8,12-15,17-19,23H,7,9-11,16H2,1-3H3,(H,25,26)/t17-,18?,19+/m0/s1. The van der Waals surface area contributed by atoms with Crippen molar-refractivity contribution in [2.24, 2.45) is 17.3 Å². The number of hydrogen-bond donors (Lipinski definition) is 2. The fourth-order valence-corrected chi connectivity index (χ4v) is 2.73. The Balaban J connectivity index is 2.48. The maximum atomic E-state index is 12.0. The molecule has 0 heterocycles. The van der Waals surface area contributed by atoms with Crippen molar-refractivity contribution >= 4 is 11.8 Å². The molecule has 4 heteroatoms. The Morgan fingerprint density at radius 3 is 2.77 bits per heavy atom. The van der Waals surface area contributed by atoms with Gasteiger partial charge >= 0.3 is 5.97 Å². The highest BCUT2D eigenvalue weighted by atomic mass is 16.4. The van der Waals surface area contributed by atoms with Crippen molar-refractivity contribution in [2.45, 2.75) is 59.0 Å². The predicted octanol–water partition coefficient (Wildman–Crippen LogP) is 3.92. The average Bonchev–Trinajstić information content (AvgIpc) is 2.93. The fourth-order valence-electron chi connectivity index (χ4n) is 2.73. The first kappa shape index (κ1) is 21.9. The number of rotatable bonds is 10. The molecule has 0 saturated carbocycles. The molecule has 142 valence electrons. The molecule has 26 heavy (non-hydrogen) atoms. The molecule has 0 aromatic heterocycles. The Hall–Kier alpha value is -2.12. The van der Waals surface area contributed by atoms with Gasteiger partial charge in [0, 0.05) is 18.3 Å². The van der Waals surface area contributed by atoms with E-state index in [1.807, 2.05) is 24.3 Å². The van der Waals surface area contributed by atoms with Crippen LogP contribution in [0.15, 0.2) is 36.5 Å². The smallest absolute Gasteiger partial charge is 0.309 e. The number of carbonyl (C=O) groups excluding carboxylic acids is 1. The van der Waals surface area contributed by atoms with Crippen molar-refractivity contribution in [3.05, 3.63) is 36.5 Å². The molecule has 0 aromatic carbocycles. The molecule has 4 nitrogen and oxygen atoms in total. The van der Waals surface area contributed by atoms with Crippen molar-refractivity contribution < 1.29 is 19.8 Å². The van der Waals surface area contributed by atoms with E-state index in [1.165, 1.54) is 0 Å². The van der Waals surface area contributed by atoms with Crippen LogP contribution in [0, 0.1) is 29.1 Å². The number of aliphatic hydroxyl groups excluding tert-OH is 1. The summed E-state index contributed by atoms with van der Waals surface area (Å²) in [5.74, 6) is 4.88. The van der Waals surface area contributed by atoms with Crippen LogP contribution in [-0.2, 0) is 9.59 Å². The Bertz CT molecular complexity index is 628. The summed E-state index contributed by atoms with van der Waals surface area (Å²) in [7, 11) is 0. The first-order valence-corrected chi connectivity index (χ1v) is 9.14. The Morgan fingerprint density at radius 1 is 1.38 bits per heavy atom. The first-order valence-electron chi connectivity index (χ1n) is 9.14. The molecule has 2 N–H and O–H groups in total. The molecule has 1 aliphatic rings. The minimum Gasteiger partial charge on any atom is -0.481 e. The zero-order chi connectivity index (χ0) is 19.6. The van der Waals surface area contributed by atoms with Crippen LogP contribution < -0.4 is 0 Å². The molecule has 0 aromatic rings. The van der Waals surface area contributed by atoms with Crippen molar-refractivity contribution in [3.63, 3.8) is 0 Å². The first-order chi connectivity index (χ1) is 12.3. The SMILES string of the molecule is CC#CCCC(O)C=C[C@H]1C=CC(=O)[C@@H]1CC=CCCC(C)(C)C(=O)O. The van der Waals surface area contributed by atoms with Crippen molar-refractivity contribution in [2.75, 3.05) is 0 Å². The normalized spacial score (nSPS) is 21.3. The molecule has 3 atom stereocenters. The summed E-state index contributed by atoms with van der Waals surface area (Å²) in [5.41, 5.74) is -0.737. The van der Waals surface area contributed by atoms with E-state index in [-0.39, 0.29) is 17.6 Å². The third-order valence-corrected chi connectivity index (χ3v) is 4.68. The van der Waals surface area contributed by atoms with Crippen LogP contribution in [-0.4, -0.2) is 28.1 Å². The minimum atomic E-state index is -0.797. The highest BCUT2D eigenvalue weighted by Crippen LogP contribution is 2.28. The molecule has 1 unspecified atom stereocenters. The second-order valence-corrected chi connectivity index (χ2v) is 7.30. The van der Waals surface area contributed by atoms with E-state index in [2.05, 4.69) is 11.8 Å². The number of aliphatic hydroxyl groups is 1. The molecule has 0 spiro atoms. The van der Waals surface area contributed by atoms with E-state index >= 15 is 0 Å². The lowest BCUT2D eigenvalue weighted by atomic mass is 9.87. The maximum Gasteiger partial charge on any atom is 0.309 e. The number of carboxylic acid groups (broad SMARTS) is 1. The van der Waals surface area contributed by atoms with E-state index in [1.54, 1.807) is 32.9 Å². The summed E-state index contributed by atoms with van der Waals surface area (Å²) in [6.07, 6.45) is 13.6. The van der Waals surface area contributed by atoms with E-state index in [9.17, 15) is 14.7 Å². The Labute approximate surface area is 156 Å². The number of hydrogen-bond acceptors (Lipinski definition) is 3. The van der Waals surface area contributed by atoms with Crippen LogP contribution >= 0.6 is 0 Å².